The van der Waals surface area contributed by atoms with Crippen molar-refractivity contribution in [3.63, 3.8) is 0 Å². The van der Waals surface area contributed by atoms with E-state index in [-0.39, 0.29) is 11.9 Å². The number of hydrogen-bond acceptors (Lipinski definition) is 3. The molecule has 5 nitrogen and oxygen atoms in total. The average Bonchev–Trinajstić information content (AvgIpc) is 3.18. The fourth-order valence-corrected chi connectivity index (χ4v) is 3.58. The first-order valence-corrected chi connectivity index (χ1v) is 9.53. The highest BCUT2D eigenvalue weighted by molar-refractivity contribution is 5.90. The van der Waals surface area contributed by atoms with Gasteiger partial charge in [0.1, 0.15) is 17.6 Å². The minimum Gasteiger partial charge on any atom is -0.497 e. The molecule has 0 radical (unpaired) electrons. The van der Waals surface area contributed by atoms with Gasteiger partial charge < -0.3 is 14.6 Å². The molecular weight excluding hydrogens is 362 g/mol. The average molecular weight is 385 g/mol. The minimum atomic E-state index is -0.344. The summed E-state index contributed by atoms with van der Waals surface area (Å²) in [5.74, 6) is 1.50. The number of aryl methyl sites for hydroxylation is 1. The number of carbonyl (C=O) groups excluding carboxylic acids is 1. The zero-order chi connectivity index (χ0) is 20.2. The summed E-state index contributed by atoms with van der Waals surface area (Å²) in [7, 11) is 3.56. The summed E-state index contributed by atoms with van der Waals surface area (Å²) in [4.78, 5) is 17.5. The maximum Gasteiger partial charge on any atom is 0.225 e. The Morgan fingerprint density at radius 3 is 2.55 bits per heavy atom. The van der Waals surface area contributed by atoms with E-state index in [1.54, 1.807) is 13.3 Å². The van der Waals surface area contributed by atoms with Gasteiger partial charge in [-0.05, 0) is 34.0 Å². The molecule has 1 unspecified atom stereocenters. The fourth-order valence-electron chi connectivity index (χ4n) is 3.58. The van der Waals surface area contributed by atoms with Crippen LogP contribution in [0.2, 0.25) is 0 Å². The Bertz CT molecular complexity index is 1130. The lowest BCUT2D eigenvalue weighted by molar-refractivity contribution is -0.121. The van der Waals surface area contributed by atoms with Gasteiger partial charge in [0.2, 0.25) is 5.91 Å². The number of nitrogens with zero attached hydrogens (tertiary/aromatic N) is 2. The number of nitrogens with one attached hydrogen (secondary N) is 1. The lowest BCUT2D eigenvalue weighted by atomic mass is 10.0. The van der Waals surface area contributed by atoms with Crippen LogP contribution >= 0.6 is 0 Å². The number of hydrogen-bond donors (Lipinski definition) is 1. The number of amides is 1. The van der Waals surface area contributed by atoms with Gasteiger partial charge in [0.15, 0.2) is 0 Å². The van der Waals surface area contributed by atoms with E-state index in [9.17, 15) is 4.79 Å². The van der Waals surface area contributed by atoms with Crippen LogP contribution in [0.25, 0.3) is 10.8 Å². The van der Waals surface area contributed by atoms with Crippen molar-refractivity contribution in [3.8, 4) is 5.75 Å². The van der Waals surface area contributed by atoms with Crippen molar-refractivity contribution >= 4 is 16.7 Å². The SMILES string of the molecule is COc1ccc(C(NC(=O)Cc2cccc3ccccc23)c2nccn2C)cc1. The van der Waals surface area contributed by atoms with Crippen LogP contribution in [0.1, 0.15) is 23.0 Å². The molecule has 1 aromatic heterocycles. The smallest absolute Gasteiger partial charge is 0.225 e. The first-order chi connectivity index (χ1) is 14.2. The maximum absolute atomic E-state index is 13.0. The second-order valence-corrected chi connectivity index (χ2v) is 6.99. The summed E-state index contributed by atoms with van der Waals surface area (Å²) in [6.45, 7) is 0. The van der Waals surface area contributed by atoms with E-state index in [0.29, 0.717) is 6.42 Å². The zero-order valence-corrected chi connectivity index (χ0v) is 16.5. The van der Waals surface area contributed by atoms with Crippen LogP contribution < -0.4 is 10.1 Å². The number of fused-ring (bicyclic) bond motifs is 1. The van der Waals surface area contributed by atoms with Gasteiger partial charge in [-0.15, -0.1) is 0 Å². The number of ether oxygens (including phenoxy) is 1. The molecule has 0 bridgehead atoms. The van der Waals surface area contributed by atoms with Crippen molar-refractivity contribution in [2.45, 2.75) is 12.5 Å². The molecule has 1 amide bonds. The monoisotopic (exact) mass is 385 g/mol. The number of imidazole rings is 1. The fraction of sp³-hybridized carbons (Fsp3) is 0.167. The first-order valence-electron chi connectivity index (χ1n) is 9.53. The molecule has 0 saturated carbocycles. The second-order valence-electron chi connectivity index (χ2n) is 6.99. The van der Waals surface area contributed by atoms with E-state index in [2.05, 4.69) is 28.5 Å². The summed E-state index contributed by atoms with van der Waals surface area (Å²) in [5, 5.41) is 5.40. The van der Waals surface area contributed by atoms with Crippen LogP contribution in [0, 0.1) is 0 Å². The Balaban J connectivity index is 1.61. The predicted molar refractivity (Wildman–Crippen MR) is 114 cm³/mol. The largest absolute Gasteiger partial charge is 0.497 e. The molecule has 0 spiro atoms. The summed E-state index contributed by atoms with van der Waals surface area (Å²) >= 11 is 0. The summed E-state index contributed by atoms with van der Waals surface area (Å²) in [6.07, 6.45) is 3.92. The lowest BCUT2D eigenvalue weighted by Crippen LogP contribution is -2.32. The standard InChI is InChI=1S/C24H23N3O2/c1-27-15-14-25-24(27)23(18-10-12-20(29-2)13-11-18)26-22(28)16-19-8-5-7-17-6-3-4-9-21(17)19/h3-15,23H,16H2,1-2H3,(H,26,28). The molecule has 0 saturated heterocycles. The van der Waals surface area contributed by atoms with E-state index >= 15 is 0 Å². The topological polar surface area (TPSA) is 56.1 Å². The number of rotatable bonds is 6. The van der Waals surface area contributed by atoms with Gasteiger partial charge in [0, 0.05) is 19.4 Å². The Hall–Kier alpha value is -3.60. The molecule has 4 rings (SSSR count). The molecule has 4 aromatic rings. The van der Waals surface area contributed by atoms with Crippen LogP contribution in [0.4, 0.5) is 0 Å². The maximum atomic E-state index is 13.0. The van der Waals surface area contributed by atoms with Crippen LogP contribution in [0.5, 0.6) is 5.75 Å². The van der Waals surface area contributed by atoms with Crippen molar-refractivity contribution in [1.29, 1.82) is 0 Å². The zero-order valence-electron chi connectivity index (χ0n) is 16.5. The van der Waals surface area contributed by atoms with Crippen molar-refractivity contribution in [2.75, 3.05) is 7.11 Å². The number of benzene rings is 3. The van der Waals surface area contributed by atoms with Crippen molar-refractivity contribution in [2.24, 2.45) is 7.05 Å². The van der Waals surface area contributed by atoms with E-state index in [1.165, 1.54) is 0 Å². The van der Waals surface area contributed by atoms with Crippen molar-refractivity contribution in [1.82, 2.24) is 14.9 Å². The summed E-state index contributed by atoms with van der Waals surface area (Å²) in [6, 6.07) is 21.5. The Labute approximate surface area is 170 Å². The molecule has 3 aromatic carbocycles. The van der Waals surface area contributed by atoms with Gasteiger partial charge in [-0.2, -0.15) is 0 Å². The number of carbonyl (C=O) groups is 1. The van der Waals surface area contributed by atoms with Gasteiger partial charge in [-0.3, -0.25) is 4.79 Å². The third-order valence-electron chi connectivity index (χ3n) is 5.10. The van der Waals surface area contributed by atoms with Crippen LogP contribution in [0.15, 0.2) is 79.1 Å². The summed E-state index contributed by atoms with van der Waals surface area (Å²) in [5.41, 5.74) is 1.96. The lowest BCUT2D eigenvalue weighted by Gasteiger charge is -2.20. The third-order valence-corrected chi connectivity index (χ3v) is 5.10. The Morgan fingerprint density at radius 1 is 1.07 bits per heavy atom. The van der Waals surface area contributed by atoms with E-state index in [1.807, 2.05) is 66.3 Å². The Kier molecular flexibility index (Phi) is 5.29. The van der Waals surface area contributed by atoms with Gasteiger partial charge >= 0.3 is 0 Å². The molecule has 29 heavy (non-hydrogen) atoms. The van der Waals surface area contributed by atoms with Crippen LogP contribution in [-0.2, 0) is 18.3 Å². The highest BCUT2D eigenvalue weighted by atomic mass is 16.5. The Morgan fingerprint density at radius 2 is 1.83 bits per heavy atom. The molecule has 0 aliphatic carbocycles. The molecule has 1 N–H and O–H groups in total. The number of methoxy groups -OCH3 is 1. The molecular formula is C24H23N3O2. The molecule has 0 aliphatic heterocycles. The van der Waals surface area contributed by atoms with Gasteiger partial charge in [0.25, 0.3) is 0 Å². The van der Waals surface area contributed by atoms with E-state index in [4.69, 9.17) is 4.74 Å². The quantitative estimate of drug-likeness (QED) is 0.545. The highest BCUT2D eigenvalue weighted by Gasteiger charge is 2.21. The highest BCUT2D eigenvalue weighted by Crippen LogP contribution is 2.24. The first kappa shape index (κ1) is 18.7. The third kappa shape index (κ3) is 3.99. The van der Waals surface area contributed by atoms with Gasteiger partial charge in [-0.1, -0.05) is 54.6 Å². The minimum absolute atomic E-state index is 0.0508. The predicted octanol–water partition coefficient (Wildman–Crippen LogP) is 4.03. The molecule has 1 atom stereocenters. The molecule has 0 fully saturated rings. The van der Waals surface area contributed by atoms with E-state index < -0.39 is 0 Å². The summed E-state index contributed by atoms with van der Waals surface area (Å²) < 4.78 is 7.18. The molecule has 1 heterocycles. The molecule has 5 heteroatoms. The number of aromatic nitrogens is 2. The van der Waals surface area contributed by atoms with E-state index in [0.717, 1.165) is 33.5 Å². The van der Waals surface area contributed by atoms with Crippen LogP contribution in [-0.4, -0.2) is 22.6 Å². The second kappa shape index (κ2) is 8.19. The normalized spacial score (nSPS) is 11.9. The molecule has 146 valence electrons. The molecule has 0 aliphatic rings. The van der Waals surface area contributed by atoms with Gasteiger partial charge in [-0.25, -0.2) is 4.98 Å². The van der Waals surface area contributed by atoms with Crippen LogP contribution in [0.3, 0.4) is 0 Å². The van der Waals surface area contributed by atoms with Crippen molar-refractivity contribution in [3.05, 3.63) is 96.1 Å². The van der Waals surface area contributed by atoms with Gasteiger partial charge in [0.05, 0.1) is 13.5 Å². The van der Waals surface area contributed by atoms with Crippen molar-refractivity contribution < 1.29 is 9.53 Å².